The summed E-state index contributed by atoms with van der Waals surface area (Å²) in [4.78, 5) is 11.8. The van der Waals surface area contributed by atoms with Gasteiger partial charge in [-0.25, -0.2) is 0 Å². The second-order valence-electron chi connectivity index (χ2n) is 3.49. The van der Waals surface area contributed by atoms with Crippen LogP contribution in [-0.4, -0.2) is 27.7 Å². The lowest BCUT2D eigenvalue weighted by Gasteiger charge is -2.06. The van der Waals surface area contributed by atoms with Gasteiger partial charge in [-0.1, -0.05) is 0 Å². The van der Waals surface area contributed by atoms with Crippen molar-refractivity contribution in [3.8, 4) is 0 Å². The Hall–Kier alpha value is -1.43. The first-order valence-electron chi connectivity index (χ1n) is 4.53. The van der Waals surface area contributed by atoms with E-state index in [1.165, 1.54) is 0 Å². The van der Waals surface area contributed by atoms with Crippen molar-refractivity contribution in [1.82, 2.24) is 15.0 Å². The van der Waals surface area contributed by atoms with Crippen molar-refractivity contribution < 1.29 is 4.74 Å². The average Bonchev–Trinajstić information content (AvgIpc) is 2.50. The third-order valence-electron chi connectivity index (χ3n) is 2.25. The molecule has 1 fully saturated rings. The van der Waals surface area contributed by atoms with Crippen LogP contribution in [0.25, 0.3) is 0 Å². The highest BCUT2D eigenvalue weighted by atomic mass is 16.5. The van der Waals surface area contributed by atoms with Crippen molar-refractivity contribution in [3.63, 3.8) is 0 Å². The molecule has 0 aliphatic carbocycles. The van der Waals surface area contributed by atoms with Crippen molar-refractivity contribution in [2.75, 3.05) is 18.1 Å². The molecule has 0 amide bonds. The first-order chi connectivity index (χ1) is 6.65. The van der Waals surface area contributed by atoms with Crippen molar-refractivity contribution in [2.24, 2.45) is 0 Å². The van der Waals surface area contributed by atoms with Gasteiger partial charge in [0.15, 0.2) is 0 Å². The maximum absolute atomic E-state index is 5.48. The van der Waals surface area contributed by atoms with Gasteiger partial charge < -0.3 is 16.2 Å². The van der Waals surface area contributed by atoms with Crippen LogP contribution in [-0.2, 0) is 4.74 Å². The Bertz CT molecular complexity index is 322. The molecule has 2 heterocycles. The van der Waals surface area contributed by atoms with Crippen LogP contribution in [0.1, 0.15) is 25.1 Å². The number of hydrogen-bond donors (Lipinski definition) is 2. The standard InChI is InChI=1S/C8H13N5O/c1-4-2-5(3-14-4)6-11-7(9)13-8(10)12-6/h4-5H,2-3H2,1H3,(H4,9,10,11,12,13). The Morgan fingerprint density at radius 2 is 1.86 bits per heavy atom. The van der Waals surface area contributed by atoms with Crippen LogP contribution in [0.4, 0.5) is 11.9 Å². The zero-order chi connectivity index (χ0) is 10.1. The maximum atomic E-state index is 5.48. The lowest BCUT2D eigenvalue weighted by atomic mass is 10.1. The fraction of sp³-hybridized carbons (Fsp3) is 0.625. The Balaban J connectivity index is 2.23. The van der Waals surface area contributed by atoms with Gasteiger partial charge in [0, 0.05) is 5.92 Å². The molecule has 0 saturated carbocycles. The van der Waals surface area contributed by atoms with Crippen LogP contribution in [0.5, 0.6) is 0 Å². The van der Waals surface area contributed by atoms with Gasteiger partial charge in [0.2, 0.25) is 11.9 Å². The summed E-state index contributed by atoms with van der Waals surface area (Å²) in [6.45, 7) is 2.65. The van der Waals surface area contributed by atoms with Crippen LogP contribution in [0.2, 0.25) is 0 Å². The van der Waals surface area contributed by atoms with E-state index in [-0.39, 0.29) is 23.9 Å². The molecule has 1 saturated heterocycles. The predicted molar refractivity (Wildman–Crippen MR) is 51.4 cm³/mol. The summed E-state index contributed by atoms with van der Waals surface area (Å²) in [5.41, 5.74) is 11.0. The van der Waals surface area contributed by atoms with Gasteiger partial charge in [-0.05, 0) is 13.3 Å². The SMILES string of the molecule is CC1CC(c2nc(N)nc(N)n2)CO1. The summed E-state index contributed by atoms with van der Waals surface area (Å²) in [7, 11) is 0. The number of hydrogen-bond acceptors (Lipinski definition) is 6. The summed E-state index contributed by atoms with van der Waals surface area (Å²) >= 11 is 0. The monoisotopic (exact) mass is 195 g/mol. The highest BCUT2D eigenvalue weighted by molar-refractivity contribution is 5.27. The summed E-state index contributed by atoms with van der Waals surface area (Å²) in [5.74, 6) is 1.18. The molecule has 6 nitrogen and oxygen atoms in total. The third-order valence-corrected chi connectivity index (χ3v) is 2.25. The molecule has 76 valence electrons. The number of nitrogens with two attached hydrogens (primary N) is 2. The molecular weight excluding hydrogens is 182 g/mol. The van der Waals surface area contributed by atoms with Gasteiger partial charge in [0.05, 0.1) is 12.7 Å². The largest absolute Gasteiger partial charge is 0.378 e. The highest BCUT2D eigenvalue weighted by Crippen LogP contribution is 2.27. The van der Waals surface area contributed by atoms with Gasteiger partial charge in [-0.3, -0.25) is 0 Å². The van der Waals surface area contributed by atoms with Crippen LogP contribution in [0.3, 0.4) is 0 Å². The Labute approximate surface area is 81.7 Å². The quantitative estimate of drug-likeness (QED) is 0.650. The fourth-order valence-corrected chi connectivity index (χ4v) is 1.61. The number of nitrogens with zero attached hydrogens (tertiary/aromatic N) is 3. The zero-order valence-corrected chi connectivity index (χ0v) is 7.97. The molecule has 2 unspecified atom stereocenters. The van der Waals surface area contributed by atoms with Crippen LogP contribution in [0.15, 0.2) is 0 Å². The van der Waals surface area contributed by atoms with Gasteiger partial charge >= 0.3 is 0 Å². The minimum absolute atomic E-state index is 0.173. The summed E-state index contributed by atoms with van der Waals surface area (Å²) in [5, 5.41) is 0. The molecule has 0 aromatic carbocycles. The Morgan fingerprint density at radius 3 is 2.36 bits per heavy atom. The summed E-state index contributed by atoms with van der Waals surface area (Å²) < 4.78 is 5.42. The maximum Gasteiger partial charge on any atom is 0.225 e. The van der Waals surface area contributed by atoms with E-state index in [1.807, 2.05) is 6.92 Å². The number of rotatable bonds is 1. The van der Waals surface area contributed by atoms with E-state index < -0.39 is 0 Å². The zero-order valence-electron chi connectivity index (χ0n) is 7.97. The average molecular weight is 195 g/mol. The Morgan fingerprint density at radius 1 is 1.21 bits per heavy atom. The number of nitrogen functional groups attached to an aromatic ring is 2. The molecule has 1 aromatic heterocycles. The molecule has 2 atom stereocenters. The molecule has 6 heteroatoms. The molecule has 0 bridgehead atoms. The van der Waals surface area contributed by atoms with Gasteiger partial charge in [0.1, 0.15) is 5.82 Å². The molecule has 14 heavy (non-hydrogen) atoms. The van der Waals surface area contributed by atoms with Crippen LogP contribution < -0.4 is 11.5 Å². The Kier molecular flexibility index (Phi) is 2.20. The van der Waals surface area contributed by atoms with E-state index in [9.17, 15) is 0 Å². The number of aromatic nitrogens is 3. The van der Waals surface area contributed by atoms with Gasteiger partial charge in [-0.15, -0.1) is 0 Å². The van der Waals surface area contributed by atoms with E-state index in [0.29, 0.717) is 12.4 Å². The third kappa shape index (κ3) is 1.74. The molecular formula is C8H13N5O. The first kappa shape index (κ1) is 9.14. The predicted octanol–water partition coefficient (Wildman–Crippen LogP) is -0.0716. The van der Waals surface area contributed by atoms with Crippen molar-refractivity contribution >= 4 is 11.9 Å². The minimum atomic E-state index is 0.173. The van der Waals surface area contributed by atoms with Gasteiger partial charge in [-0.2, -0.15) is 15.0 Å². The number of anilines is 2. The first-order valence-corrected chi connectivity index (χ1v) is 4.53. The van der Waals surface area contributed by atoms with E-state index in [1.54, 1.807) is 0 Å². The molecule has 0 radical (unpaired) electrons. The second-order valence-corrected chi connectivity index (χ2v) is 3.49. The second kappa shape index (κ2) is 3.38. The summed E-state index contributed by atoms with van der Waals surface area (Å²) in [6, 6.07) is 0. The normalized spacial score (nSPS) is 26.6. The van der Waals surface area contributed by atoms with Gasteiger partial charge in [0.25, 0.3) is 0 Å². The van der Waals surface area contributed by atoms with Crippen molar-refractivity contribution in [3.05, 3.63) is 5.82 Å². The topological polar surface area (TPSA) is 99.9 Å². The molecule has 2 rings (SSSR count). The smallest absolute Gasteiger partial charge is 0.225 e. The van der Waals surface area contributed by atoms with E-state index in [2.05, 4.69) is 15.0 Å². The molecule has 1 aliphatic rings. The lowest BCUT2D eigenvalue weighted by Crippen LogP contribution is -2.10. The van der Waals surface area contributed by atoms with E-state index >= 15 is 0 Å². The van der Waals surface area contributed by atoms with Crippen molar-refractivity contribution in [2.45, 2.75) is 25.4 Å². The van der Waals surface area contributed by atoms with E-state index in [0.717, 1.165) is 6.42 Å². The minimum Gasteiger partial charge on any atom is -0.378 e. The van der Waals surface area contributed by atoms with Crippen LogP contribution in [0, 0.1) is 0 Å². The molecule has 1 aliphatic heterocycles. The van der Waals surface area contributed by atoms with E-state index in [4.69, 9.17) is 16.2 Å². The highest BCUT2D eigenvalue weighted by Gasteiger charge is 2.26. The van der Waals surface area contributed by atoms with Crippen molar-refractivity contribution in [1.29, 1.82) is 0 Å². The van der Waals surface area contributed by atoms with Crippen LogP contribution >= 0.6 is 0 Å². The summed E-state index contributed by atoms with van der Waals surface area (Å²) in [6.07, 6.45) is 1.15. The molecule has 0 spiro atoms. The molecule has 4 N–H and O–H groups in total. The molecule has 1 aromatic rings. The fourth-order valence-electron chi connectivity index (χ4n) is 1.61. The number of ether oxygens (including phenoxy) is 1. The lowest BCUT2D eigenvalue weighted by molar-refractivity contribution is 0.123.